The quantitative estimate of drug-likeness (QED) is 0.0572. The van der Waals surface area contributed by atoms with E-state index in [1.807, 2.05) is 89.6 Å². The van der Waals surface area contributed by atoms with Gasteiger partial charge in [-0.25, -0.2) is 47.3 Å². The molecule has 26 nitrogen and oxygen atoms in total. The average Bonchev–Trinajstić information content (AvgIpc) is 1.63. The van der Waals surface area contributed by atoms with E-state index in [2.05, 4.69) is 79.7 Å². The number of imidazole rings is 2. The fourth-order valence-electron chi connectivity index (χ4n) is 15.8. The molecule has 6 amide bonds. The number of piperazine rings is 2. The van der Waals surface area contributed by atoms with Crippen molar-refractivity contribution in [1.29, 1.82) is 0 Å². The van der Waals surface area contributed by atoms with Gasteiger partial charge in [-0.05, 0) is 145 Å². The Morgan fingerprint density at radius 1 is 0.441 bits per heavy atom. The van der Waals surface area contributed by atoms with Gasteiger partial charge in [0.2, 0.25) is 29.6 Å². The molecular weight excluding hydrogens is 1460 g/mol. The van der Waals surface area contributed by atoms with Gasteiger partial charge in [-0.1, -0.05) is 84.9 Å². The number of nitrogens with zero attached hydrogens (tertiary/aromatic N) is 15. The summed E-state index contributed by atoms with van der Waals surface area (Å²) in [6.45, 7) is 11.5. The SMILES string of the molecule is Fc1cccc([C@H]2CCCN2c2ccc3ncc(-c4cccc(F)n4)n3n2)c1.O=C1CCC(N2C[C@H](c3ccc(CN4CCN(c5cccc(-c6cnc7ccc(N8CCC[C@@H]8c8cccc(F)c8)nn67)n5)CC4)cc3)OC2=O)C(=O)N1.O=C1CCC(N2C[C@H](c3ccc(CN4CCNCC4)cc3)OC2=O)C(=O)N1.[F-].[K+]. The molecule has 0 spiro atoms. The van der Waals surface area contributed by atoms with E-state index in [9.17, 15) is 41.9 Å². The number of piperidine rings is 2. The Morgan fingerprint density at radius 3 is 1.37 bits per heavy atom. The van der Waals surface area contributed by atoms with Crippen LogP contribution in [0.1, 0.15) is 109 Å². The Kier molecular flexibility index (Phi) is 24.2. The summed E-state index contributed by atoms with van der Waals surface area (Å²) in [5.74, 6) is 0.0297. The Labute approximate surface area is 679 Å². The fraction of sp³-hybridized carbons (Fsp3) is 0.350. The maximum atomic E-state index is 14.1. The van der Waals surface area contributed by atoms with E-state index < -0.39 is 54.2 Å². The van der Waals surface area contributed by atoms with Crippen molar-refractivity contribution in [3.05, 3.63) is 221 Å². The molecule has 8 aliphatic rings. The van der Waals surface area contributed by atoms with Crippen molar-refractivity contribution in [3.63, 3.8) is 0 Å². The fourth-order valence-corrected chi connectivity index (χ4v) is 15.8. The first-order valence-electron chi connectivity index (χ1n) is 37.2. The number of anilines is 3. The molecule has 10 aromatic rings. The van der Waals surface area contributed by atoms with Gasteiger partial charge in [-0.15, -0.1) is 10.2 Å². The number of nitrogens with one attached hydrogen (secondary N) is 3. The van der Waals surface area contributed by atoms with Gasteiger partial charge in [0, 0.05) is 91.4 Å². The van der Waals surface area contributed by atoms with Crippen LogP contribution in [0.2, 0.25) is 0 Å². The van der Waals surface area contributed by atoms with Gasteiger partial charge in [-0.3, -0.25) is 49.4 Å². The van der Waals surface area contributed by atoms with E-state index >= 15 is 0 Å². The second-order valence-electron chi connectivity index (χ2n) is 28.5. The van der Waals surface area contributed by atoms with Crippen molar-refractivity contribution >= 4 is 64.6 Å². The number of hydrogen-bond acceptors (Lipinski definition) is 20. The monoisotopic (exact) mass is 1540 g/mol. The second kappa shape index (κ2) is 34.6. The van der Waals surface area contributed by atoms with Gasteiger partial charge in [0.15, 0.2) is 11.3 Å². The predicted octanol–water partition coefficient (Wildman–Crippen LogP) is 3.70. The van der Waals surface area contributed by atoms with E-state index in [0.29, 0.717) is 36.4 Å². The van der Waals surface area contributed by atoms with E-state index in [0.717, 1.165) is 167 Å². The predicted molar refractivity (Wildman–Crippen MR) is 397 cm³/mol. The van der Waals surface area contributed by atoms with Crippen LogP contribution in [0.5, 0.6) is 0 Å². The van der Waals surface area contributed by atoms with Crippen molar-refractivity contribution in [3.8, 4) is 22.8 Å². The van der Waals surface area contributed by atoms with Crippen LogP contribution in [-0.2, 0) is 41.7 Å². The summed E-state index contributed by atoms with van der Waals surface area (Å²) in [5.41, 5.74) is 10.2. The standard InChI is InChI=1S/C40H40FN9O4.C21H17F2N5.C19H24N4O4.FH.K/c41-29-5-1-4-28(22-29)31-7-3-17-48(31)37-15-14-35-42-23-33(50(35)45-37)30-6-2-8-36(43-30)47-20-18-46(19-21-47)24-26-9-11-27(12-10-26)34-25-49(40(53)54-34)32-13-16-38(51)44-39(32)52;22-15-5-1-4-14(12-15)17-7-3-11-27(17)21-10-9-20-24-13-18(28(20)26-21)16-6-2-8-19(23)25-16;24-17-6-5-15(18(25)21-17)23-12-16(27-19(23)26)14-3-1-13(2-4-14)11-22-9-7-20-8-10-22;;/h1-2,4-6,8-12,14-15,22-23,31-32,34H,3,7,13,16-21,24-25H2,(H,44,51,52);1-2,4-6,8-10,12-13,17H,3,7,11H2;1-4,15-16,20H,5-12H2,(H,21,24,25);1H;/q;;;;+1/p-1/t31-,32?,34-;17-;15?,16-;;/m111../s1. The third kappa shape index (κ3) is 17.5. The summed E-state index contributed by atoms with van der Waals surface area (Å²) in [4.78, 5) is 104. The van der Waals surface area contributed by atoms with Crippen LogP contribution in [0.3, 0.4) is 0 Å². The maximum absolute atomic E-state index is 14.1. The first-order chi connectivity index (χ1) is 53.1. The molecule has 18 rings (SSSR count). The van der Waals surface area contributed by atoms with Gasteiger partial charge in [0.25, 0.3) is 0 Å². The van der Waals surface area contributed by atoms with Crippen LogP contribution in [0.15, 0.2) is 170 Å². The van der Waals surface area contributed by atoms with Crippen LogP contribution in [0.25, 0.3) is 34.1 Å². The topological polar surface area (TPSA) is 266 Å². The Bertz CT molecular complexity index is 5050. The number of hydrogen-bond donors (Lipinski definition) is 3. The molecule has 31 heteroatoms. The first kappa shape index (κ1) is 77.6. The Morgan fingerprint density at radius 2 is 0.901 bits per heavy atom. The van der Waals surface area contributed by atoms with Crippen molar-refractivity contribution < 1.29 is 108 Å². The molecule has 0 radical (unpaired) electrons. The van der Waals surface area contributed by atoms with Gasteiger partial charge in [0.05, 0.1) is 49.0 Å². The zero-order valence-corrected chi connectivity index (χ0v) is 64.3. The molecule has 4 aromatic carbocycles. The first-order valence-corrected chi connectivity index (χ1v) is 37.2. The minimum Gasteiger partial charge on any atom is -1.00 e. The molecule has 14 heterocycles. The smallest absolute Gasteiger partial charge is 1.00 e. The Balaban J connectivity index is 0.000000151. The second-order valence-corrected chi connectivity index (χ2v) is 28.5. The maximum Gasteiger partial charge on any atom is 1.00 e. The molecule has 0 saturated carbocycles. The number of ether oxygens (including phenoxy) is 2. The summed E-state index contributed by atoms with van der Waals surface area (Å²) < 4.78 is 56.0. The molecule has 2 unspecified atom stereocenters. The largest absolute Gasteiger partial charge is 1.00 e. The summed E-state index contributed by atoms with van der Waals surface area (Å²) in [6.07, 6.45) is 6.56. The summed E-state index contributed by atoms with van der Waals surface area (Å²) in [7, 11) is 0. The molecule has 8 saturated heterocycles. The number of pyridine rings is 2. The molecule has 0 aliphatic carbocycles. The number of benzene rings is 4. The third-order valence-electron chi connectivity index (χ3n) is 21.5. The molecule has 568 valence electrons. The number of rotatable bonds is 15. The van der Waals surface area contributed by atoms with Gasteiger partial charge in [0.1, 0.15) is 64.8 Å². The van der Waals surface area contributed by atoms with E-state index in [1.54, 1.807) is 47.1 Å². The van der Waals surface area contributed by atoms with Gasteiger partial charge >= 0.3 is 63.6 Å². The number of halogens is 4. The van der Waals surface area contributed by atoms with Crippen LogP contribution in [0, 0.1) is 17.6 Å². The summed E-state index contributed by atoms with van der Waals surface area (Å²) in [5, 5.41) is 17.7. The van der Waals surface area contributed by atoms with Crippen molar-refractivity contribution in [2.75, 3.05) is 93.2 Å². The number of cyclic esters (lactones) is 2. The van der Waals surface area contributed by atoms with Crippen molar-refractivity contribution in [1.82, 2.24) is 74.7 Å². The molecular formula is C80H81F4KN18O8. The van der Waals surface area contributed by atoms with Crippen LogP contribution in [0.4, 0.5) is 40.2 Å². The Hall–Kier alpha value is -10.1. The summed E-state index contributed by atoms with van der Waals surface area (Å²) >= 11 is 0. The summed E-state index contributed by atoms with van der Waals surface area (Å²) in [6, 6.07) is 47.1. The normalized spacial score (nSPS) is 21.6. The molecule has 6 atom stereocenters. The molecule has 3 N–H and O–H groups in total. The molecule has 8 fully saturated rings. The molecule has 111 heavy (non-hydrogen) atoms. The number of carbonyl (C=O) groups excluding carboxylic acids is 6. The average molecular weight is 1540 g/mol. The third-order valence-corrected chi connectivity index (χ3v) is 21.5. The zero-order valence-electron chi connectivity index (χ0n) is 61.2. The van der Waals surface area contributed by atoms with Gasteiger partial charge in [-0.2, -0.15) is 4.39 Å². The molecule has 6 aromatic heterocycles. The van der Waals surface area contributed by atoms with Crippen LogP contribution in [-0.4, -0.2) is 185 Å². The van der Waals surface area contributed by atoms with E-state index in [4.69, 9.17) is 24.7 Å². The number of fused-ring (bicyclic) bond motifs is 2. The molecule has 8 aliphatic heterocycles. The number of carbonyl (C=O) groups is 6. The number of aromatic nitrogens is 8. The van der Waals surface area contributed by atoms with E-state index in [1.165, 1.54) is 33.6 Å². The number of amides is 6. The minimum atomic E-state index is -0.685. The van der Waals surface area contributed by atoms with Crippen LogP contribution >= 0.6 is 0 Å². The molecule has 0 bridgehead atoms. The minimum absolute atomic E-state index is 0. The zero-order chi connectivity index (χ0) is 74.7. The van der Waals surface area contributed by atoms with Crippen molar-refractivity contribution in [2.24, 2.45) is 0 Å². The van der Waals surface area contributed by atoms with Crippen LogP contribution < -0.4 is 86.7 Å². The van der Waals surface area contributed by atoms with Crippen molar-refractivity contribution in [2.45, 2.75) is 101 Å². The van der Waals surface area contributed by atoms with Gasteiger partial charge < -0.3 is 34.2 Å². The van der Waals surface area contributed by atoms with E-state index in [-0.39, 0.29) is 111 Å². The number of imide groups is 2.